The van der Waals surface area contributed by atoms with Crippen LogP contribution >= 0.6 is 11.3 Å². The van der Waals surface area contributed by atoms with Crippen molar-refractivity contribution in [3.63, 3.8) is 0 Å². The van der Waals surface area contributed by atoms with Gasteiger partial charge in [0.25, 0.3) is 0 Å². The highest BCUT2D eigenvalue weighted by molar-refractivity contribution is 7.12. The number of hydrogen-bond acceptors (Lipinski definition) is 2. The Kier molecular flexibility index (Phi) is 3.05. The number of carboxylic acid groups (broad SMARTS) is 1. The molecule has 1 rings (SSSR count). The molecule has 0 radical (unpaired) electrons. The zero-order valence-corrected chi connectivity index (χ0v) is 7.60. The fourth-order valence-corrected chi connectivity index (χ4v) is 1.63. The molecule has 0 saturated carbocycles. The second-order valence-electron chi connectivity index (χ2n) is 2.45. The van der Waals surface area contributed by atoms with Crippen molar-refractivity contribution in [2.45, 2.75) is 13.3 Å². The van der Waals surface area contributed by atoms with E-state index < -0.39 is 5.97 Å². The van der Waals surface area contributed by atoms with Crippen LogP contribution in [0.15, 0.2) is 18.2 Å². The summed E-state index contributed by atoms with van der Waals surface area (Å²) in [5, 5.41) is 8.35. The Balaban J connectivity index is 2.52. The average molecular weight is 182 g/mol. The van der Waals surface area contributed by atoms with Crippen LogP contribution in [0.1, 0.15) is 16.2 Å². The third-order valence-corrected chi connectivity index (χ3v) is 2.30. The van der Waals surface area contributed by atoms with Gasteiger partial charge in [-0.15, -0.1) is 11.3 Å². The molecule has 0 aromatic carbocycles. The molecule has 2 nitrogen and oxygen atoms in total. The Hall–Kier alpha value is -1.09. The van der Waals surface area contributed by atoms with E-state index in [2.05, 4.69) is 0 Å². The van der Waals surface area contributed by atoms with E-state index in [1.807, 2.05) is 25.1 Å². The van der Waals surface area contributed by atoms with Crippen LogP contribution in [0.3, 0.4) is 0 Å². The molecule has 0 atom stereocenters. The number of carboxylic acids is 1. The molecule has 0 aliphatic heterocycles. The topological polar surface area (TPSA) is 37.3 Å². The zero-order chi connectivity index (χ0) is 8.97. The molecule has 1 heterocycles. The molecule has 0 aliphatic carbocycles. The van der Waals surface area contributed by atoms with Crippen molar-refractivity contribution in [2.24, 2.45) is 0 Å². The lowest BCUT2D eigenvalue weighted by Gasteiger charge is -1.83. The second-order valence-corrected chi connectivity index (χ2v) is 3.77. The lowest BCUT2D eigenvalue weighted by atomic mass is 10.3. The van der Waals surface area contributed by atoms with E-state index in [0.717, 1.165) is 4.88 Å². The Morgan fingerprint density at radius 3 is 2.92 bits per heavy atom. The maximum atomic E-state index is 10.1. The number of thiophene rings is 1. The fraction of sp³-hybridized carbons (Fsp3) is 0.222. The van der Waals surface area contributed by atoms with E-state index in [1.165, 1.54) is 4.88 Å². The highest BCUT2D eigenvalue weighted by Crippen LogP contribution is 2.16. The predicted molar refractivity (Wildman–Crippen MR) is 50.3 cm³/mol. The highest BCUT2D eigenvalue weighted by atomic mass is 32.1. The van der Waals surface area contributed by atoms with Gasteiger partial charge in [0, 0.05) is 9.75 Å². The molecule has 0 amide bonds. The van der Waals surface area contributed by atoms with E-state index in [9.17, 15) is 4.79 Å². The number of rotatable bonds is 3. The molecule has 0 unspecified atom stereocenters. The number of hydrogen-bond donors (Lipinski definition) is 1. The smallest absolute Gasteiger partial charge is 0.307 e. The molecule has 0 aliphatic rings. The van der Waals surface area contributed by atoms with Gasteiger partial charge in [0.15, 0.2) is 0 Å². The molecular formula is C9H10O2S. The van der Waals surface area contributed by atoms with Gasteiger partial charge in [0.1, 0.15) is 0 Å². The SMILES string of the molecule is Cc1ccc(C=CCC(=O)O)s1. The summed E-state index contributed by atoms with van der Waals surface area (Å²) in [7, 11) is 0. The molecule has 0 bridgehead atoms. The molecule has 1 aromatic heterocycles. The Labute approximate surface area is 75.2 Å². The quantitative estimate of drug-likeness (QED) is 0.780. The summed E-state index contributed by atoms with van der Waals surface area (Å²) in [6, 6.07) is 4.00. The van der Waals surface area contributed by atoms with Crippen LogP contribution in [0.5, 0.6) is 0 Å². The van der Waals surface area contributed by atoms with Gasteiger partial charge < -0.3 is 5.11 Å². The van der Waals surface area contributed by atoms with Gasteiger partial charge >= 0.3 is 5.97 Å². The van der Waals surface area contributed by atoms with Crippen molar-refractivity contribution in [3.05, 3.63) is 28.0 Å². The van der Waals surface area contributed by atoms with Crippen LogP contribution in [0.4, 0.5) is 0 Å². The van der Waals surface area contributed by atoms with Gasteiger partial charge in [-0.3, -0.25) is 4.79 Å². The highest BCUT2D eigenvalue weighted by Gasteiger charge is 1.92. The molecule has 0 fully saturated rings. The standard InChI is InChI=1S/C9H10O2S/c1-7-5-6-8(12-7)3-2-4-9(10)11/h2-3,5-6H,4H2,1H3,(H,10,11). The first-order valence-corrected chi connectivity index (χ1v) is 4.45. The minimum atomic E-state index is -0.792. The van der Waals surface area contributed by atoms with Crippen LogP contribution < -0.4 is 0 Å². The number of carbonyl (C=O) groups is 1. The van der Waals surface area contributed by atoms with E-state index in [0.29, 0.717) is 0 Å². The fourth-order valence-electron chi connectivity index (χ4n) is 0.819. The summed E-state index contributed by atoms with van der Waals surface area (Å²) in [4.78, 5) is 12.5. The van der Waals surface area contributed by atoms with Crippen molar-refractivity contribution >= 4 is 23.4 Å². The van der Waals surface area contributed by atoms with E-state index >= 15 is 0 Å². The van der Waals surface area contributed by atoms with Crippen LogP contribution in [0, 0.1) is 6.92 Å². The maximum Gasteiger partial charge on any atom is 0.307 e. The minimum Gasteiger partial charge on any atom is -0.481 e. The number of aliphatic carboxylic acids is 1. The monoisotopic (exact) mass is 182 g/mol. The van der Waals surface area contributed by atoms with E-state index in [-0.39, 0.29) is 6.42 Å². The molecule has 0 saturated heterocycles. The summed E-state index contributed by atoms with van der Waals surface area (Å²) in [5.74, 6) is -0.792. The van der Waals surface area contributed by atoms with Gasteiger partial charge in [-0.05, 0) is 25.1 Å². The van der Waals surface area contributed by atoms with Crippen LogP contribution in [0.25, 0.3) is 6.08 Å². The van der Waals surface area contributed by atoms with Crippen molar-refractivity contribution in [3.8, 4) is 0 Å². The third-order valence-electron chi connectivity index (χ3n) is 1.34. The molecular weight excluding hydrogens is 172 g/mol. The predicted octanol–water partition coefficient (Wildman–Crippen LogP) is 2.54. The Morgan fingerprint density at radius 1 is 1.67 bits per heavy atom. The summed E-state index contributed by atoms with van der Waals surface area (Å²) in [6.45, 7) is 2.03. The first kappa shape index (κ1) is 9.00. The zero-order valence-electron chi connectivity index (χ0n) is 6.78. The summed E-state index contributed by atoms with van der Waals surface area (Å²) >= 11 is 1.66. The molecule has 0 spiro atoms. The van der Waals surface area contributed by atoms with E-state index in [4.69, 9.17) is 5.11 Å². The van der Waals surface area contributed by atoms with Crippen LogP contribution in [-0.4, -0.2) is 11.1 Å². The summed E-state index contributed by atoms with van der Waals surface area (Å²) < 4.78 is 0. The van der Waals surface area contributed by atoms with Crippen molar-refractivity contribution in [1.82, 2.24) is 0 Å². The molecule has 64 valence electrons. The molecule has 12 heavy (non-hydrogen) atoms. The lowest BCUT2D eigenvalue weighted by molar-refractivity contribution is -0.135. The first-order chi connectivity index (χ1) is 5.68. The maximum absolute atomic E-state index is 10.1. The van der Waals surface area contributed by atoms with Crippen molar-refractivity contribution in [2.75, 3.05) is 0 Å². The van der Waals surface area contributed by atoms with Crippen LogP contribution in [0.2, 0.25) is 0 Å². The second kappa shape index (κ2) is 4.07. The van der Waals surface area contributed by atoms with E-state index in [1.54, 1.807) is 17.4 Å². The summed E-state index contributed by atoms with van der Waals surface area (Å²) in [6.07, 6.45) is 3.59. The molecule has 3 heteroatoms. The third kappa shape index (κ3) is 2.88. The first-order valence-electron chi connectivity index (χ1n) is 3.63. The van der Waals surface area contributed by atoms with Crippen molar-refractivity contribution in [1.29, 1.82) is 0 Å². The molecule has 1 aromatic rings. The van der Waals surface area contributed by atoms with Crippen LogP contribution in [-0.2, 0) is 4.79 Å². The van der Waals surface area contributed by atoms with Gasteiger partial charge in [0.2, 0.25) is 0 Å². The number of aryl methyl sites for hydroxylation is 1. The Morgan fingerprint density at radius 2 is 2.42 bits per heavy atom. The molecule has 1 N–H and O–H groups in total. The van der Waals surface area contributed by atoms with Gasteiger partial charge in [-0.1, -0.05) is 6.08 Å². The largest absolute Gasteiger partial charge is 0.481 e. The van der Waals surface area contributed by atoms with Gasteiger partial charge in [-0.2, -0.15) is 0 Å². The normalized spacial score (nSPS) is 10.8. The van der Waals surface area contributed by atoms with Gasteiger partial charge in [-0.25, -0.2) is 0 Å². The lowest BCUT2D eigenvalue weighted by Crippen LogP contribution is -1.89. The van der Waals surface area contributed by atoms with Crippen molar-refractivity contribution < 1.29 is 9.90 Å². The minimum absolute atomic E-state index is 0.0942. The average Bonchev–Trinajstić information content (AvgIpc) is 2.35. The summed E-state index contributed by atoms with van der Waals surface area (Å²) in [5.41, 5.74) is 0. The van der Waals surface area contributed by atoms with Gasteiger partial charge in [0.05, 0.1) is 6.42 Å². The Bertz CT molecular complexity index is 299.